The quantitative estimate of drug-likeness (QED) is 0.517. The Morgan fingerprint density at radius 2 is 1.86 bits per heavy atom. The third-order valence-electron chi connectivity index (χ3n) is 5.03. The van der Waals surface area contributed by atoms with Gasteiger partial charge in [-0.2, -0.15) is 0 Å². The first-order chi connectivity index (χ1) is 13.7. The predicted molar refractivity (Wildman–Crippen MR) is 121 cm³/mol. The molecule has 3 rings (SSSR count). The number of benzene rings is 2. The Morgan fingerprint density at radius 3 is 2.61 bits per heavy atom. The summed E-state index contributed by atoms with van der Waals surface area (Å²) in [5.41, 5.74) is 4.77. The number of hydrogen-bond donors (Lipinski definition) is 2. The van der Waals surface area contributed by atoms with E-state index in [4.69, 9.17) is 0 Å². The molecule has 1 heterocycles. The van der Waals surface area contributed by atoms with Crippen LogP contribution in [-0.2, 0) is 13.1 Å². The largest absolute Gasteiger partial charge is 0.374 e. The first-order valence-electron chi connectivity index (χ1n) is 10.3. The Hall–Kier alpha value is -2.70. The van der Waals surface area contributed by atoms with E-state index in [-0.39, 0.29) is 0 Å². The highest BCUT2D eigenvalue weighted by atomic mass is 15.0. The molecule has 0 aliphatic carbocycles. The molecule has 1 aromatic heterocycles. The number of nitrogens with one attached hydrogen (secondary N) is 2. The highest BCUT2D eigenvalue weighted by Crippen LogP contribution is 2.21. The molecule has 0 aliphatic heterocycles. The van der Waals surface area contributed by atoms with Gasteiger partial charge in [0, 0.05) is 35.7 Å². The predicted octanol–water partition coefficient (Wildman–Crippen LogP) is 5.40. The summed E-state index contributed by atoms with van der Waals surface area (Å²) in [6, 6.07) is 19.7. The zero-order valence-corrected chi connectivity index (χ0v) is 17.3. The summed E-state index contributed by atoms with van der Waals surface area (Å²) in [5.74, 6) is 6.61. The maximum absolute atomic E-state index is 3.61. The molecule has 3 nitrogen and oxygen atoms in total. The fourth-order valence-corrected chi connectivity index (χ4v) is 3.54. The van der Waals surface area contributed by atoms with Gasteiger partial charge in [0.1, 0.15) is 0 Å². The number of hydrogen-bond acceptors (Lipinski definition) is 2. The van der Waals surface area contributed by atoms with Crippen LogP contribution >= 0.6 is 0 Å². The first kappa shape index (κ1) is 20.0. The van der Waals surface area contributed by atoms with Gasteiger partial charge in [-0.15, -0.1) is 0 Å². The average Bonchev–Trinajstić information content (AvgIpc) is 3.07. The Labute approximate surface area is 169 Å². The van der Waals surface area contributed by atoms with Gasteiger partial charge < -0.3 is 15.2 Å². The summed E-state index contributed by atoms with van der Waals surface area (Å²) in [6.45, 7) is 9.14. The summed E-state index contributed by atoms with van der Waals surface area (Å²) >= 11 is 0. The van der Waals surface area contributed by atoms with Crippen LogP contribution in [0.5, 0.6) is 0 Å². The molecule has 0 bridgehead atoms. The Balaban J connectivity index is 1.71. The third kappa shape index (κ3) is 5.18. The minimum atomic E-state index is 0.555. The lowest BCUT2D eigenvalue weighted by molar-refractivity contribution is 0.508. The number of aromatic nitrogens is 1. The lowest BCUT2D eigenvalue weighted by Gasteiger charge is -2.12. The van der Waals surface area contributed by atoms with Gasteiger partial charge in [-0.1, -0.05) is 43.5 Å². The Bertz CT molecular complexity index is 944. The molecular weight excluding hydrogens is 342 g/mol. The standard InChI is InChI=1S/C25H31N3/c1-4-10-20(3)27-19-21-14-15-25-22(17-21)18-24(28(25)5-2)13-9-16-26-23-11-7-6-8-12-23/h6-8,11-12,14-15,17-18,20,26-27H,4-5,10,16,19H2,1-3H3. The SMILES string of the molecule is CCCC(C)NCc1ccc2c(c1)cc(C#CCNc1ccccc1)n2CC. The Kier molecular flexibility index (Phi) is 7.17. The summed E-state index contributed by atoms with van der Waals surface area (Å²) < 4.78 is 2.29. The number of rotatable bonds is 8. The van der Waals surface area contributed by atoms with Crippen LogP contribution in [-0.4, -0.2) is 17.2 Å². The van der Waals surface area contributed by atoms with Crippen LogP contribution in [0.25, 0.3) is 10.9 Å². The van der Waals surface area contributed by atoms with E-state index >= 15 is 0 Å². The minimum Gasteiger partial charge on any atom is -0.374 e. The molecular formula is C25H31N3. The monoisotopic (exact) mass is 373 g/mol. The summed E-state index contributed by atoms with van der Waals surface area (Å²) in [4.78, 5) is 0. The van der Waals surface area contributed by atoms with Gasteiger partial charge in [0.15, 0.2) is 0 Å². The van der Waals surface area contributed by atoms with Crippen LogP contribution in [0.1, 0.15) is 44.9 Å². The highest BCUT2D eigenvalue weighted by molar-refractivity contribution is 5.83. The van der Waals surface area contributed by atoms with Gasteiger partial charge >= 0.3 is 0 Å². The van der Waals surface area contributed by atoms with Crippen LogP contribution < -0.4 is 10.6 Å². The lowest BCUT2D eigenvalue weighted by atomic mass is 10.1. The smallest absolute Gasteiger partial charge is 0.0931 e. The minimum absolute atomic E-state index is 0.555. The maximum atomic E-state index is 3.61. The maximum Gasteiger partial charge on any atom is 0.0931 e. The van der Waals surface area contributed by atoms with Crippen molar-refractivity contribution in [2.24, 2.45) is 0 Å². The van der Waals surface area contributed by atoms with E-state index in [1.165, 1.54) is 29.3 Å². The highest BCUT2D eigenvalue weighted by Gasteiger charge is 2.07. The van der Waals surface area contributed by atoms with Crippen molar-refractivity contribution in [2.45, 2.75) is 52.7 Å². The molecule has 146 valence electrons. The van der Waals surface area contributed by atoms with Gasteiger partial charge in [0.05, 0.1) is 12.2 Å². The lowest BCUT2D eigenvalue weighted by Crippen LogP contribution is -2.25. The van der Waals surface area contributed by atoms with Gasteiger partial charge in [0.2, 0.25) is 0 Å². The first-order valence-corrected chi connectivity index (χ1v) is 10.3. The zero-order valence-electron chi connectivity index (χ0n) is 17.3. The van der Waals surface area contributed by atoms with Crippen molar-refractivity contribution in [3.8, 4) is 11.8 Å². The molecule has 1 unspecified atom stereocenters. The second-order valence-corrected chi connectivity index (χ2v) is 7.26. The van der Waals surface area contributed by atoms with Crippen molar-refractivity contribution < 1.29 is 0 Å². The van der Waals surface area contributed by atoms with E-state index in [1.807, 2.05) is 18.2 Å². The molecule has 2 N–H and O–H groups in total. The number of fused-ring (bicyclic) bond motifs is 1. The summed E-state index contributed by atoms with van der Waals surface area (Å²) in [7, 11) is 0. The second-order valence-electron chi connectivity index (χ2n) is 7.26. The molecule has 0 saturated carbocycles. The topological polar surface area (TPSA) is 29.0 Å². The van der Waals surface area contributed by atoms with E-state index in [0.717, 1.165) is 24.5 Å². The van der Waals surface area contributed by atoms with Gasteiger partial charge in [-0.3, -0.25) is 0 Å². The van der Waals surface area contributed by atoms with E-state index in [1.54, 1.807) is 0 Å². The molecule has 3 aromatic rings. The molecule has 0 radical (unpaired) electrons. The normalized spacial score (nSPS) is 11.8. The van der Waals surface area contributed by atoms with Gasteiger partial charge in [-0.05, 0) is 62.1 Å². The van der Waals surface area contributed by atoms with Crippen molar-refractivity contribution >= 4 is 16.6 Å². The van der Waals surface area contributed by atoms with Crippen molar-refractivity contribution in [3.05, 3.63) is 65.9 Å². The third-order valence-corrected chi connectivity index (χ3v) is 5.03. The van der Waals surface area contributed by atoms with E-state index in [2.05, 4.69) is 84.2 Å². The molecule has 0 saturated heterocycles. The van der Waals surface area contributed by atoms with E-state index < -0.39 is 0 Å². The van der Waals surface area contributed by atoms with Crippen molar-refractivity contribution in [1.82, 2.24) is 9.88 Å². The number of aryl methyl sites for hydroxylation is 1. The van der Waals surface area contributed by atoms with Gasteiger partial charge in [0.25, 0.3) is 0 Å². The molecule has 3 heteroatoms. The number of para-hydroxylation sites is 1. The van der Waals surface area contributed by atoms with Crippen LogP contribution in [0.3, 0.4) is 0 Å². The molecule has 0 fully saturated rings. The molecule has 1 atom stereocenters. The van der Waals surface area contributed by atoms with Crippen LogP contribution in [0.4, 0.5) is 5.69 Å². The van der Waals surface area contributed by atoms with Crippen molar-refractivity contribution in [1.29, 1.82) is 0 Å². The Morgan fingerprint density at radius 1 is 1.04 bits per heavy atom. The number of anilines is 1. The summed E-state index contributed by atoms with van der Waals surface area (Å²) in [5, 5.41) is 8.22. The zero-order chi connectivity index (χ0) is 19.8. The van der Waals surface area contributed by atoms with E-state index in [9.17, 15) is 0 Å². The molecule has 2 aromatic carbocycles. The molecule has 0 aliphatic rings. The summed E-state index contributed by atoms with van der Waals surface area (Å²) in [6.07, 6.45) is 2.43. The second kappa shape index (κ2) is 10.0. The van der Waals surface area contributed by atoms with Crippen molar-refractivity contribution in [2.75, 3.05) is 11.9 Å². The molecule has 0 spiro atoms. The fourth-order valence-electron chi connectivity index (χ4n) is 3.54. The fraction of sp³-hybridized carbons (Fsp3) is 0.360. The van der Waals surface area contributed by atoms with Crippen LogP contribution in [0.15, 0.2) is 54.6 Å². The molecule has 0 amide bonds. The molecule has 28 heavy (non-hydrogen) atoms. The van der Waals surface area contributed by atoms with Crippen LogP contribution in [0, 0.1) is 11.8 Å². The average molecular weight is 374 g/mol. The van der Waals surface area contributed by atoms with Crippen molar-refractivity contribution in [3.63, 3.8) is 0 Å². The van der Waals surface area contributed by atoms with Crippen LogP contribution in [0.2, 0.25) is 0 Å². The number of nitrogens with zero attached hydrogens (tertiary/aromatic N) is 1. The van der Waals surface area contributed by atoms with E-state index in [0.29, 0.717) is 12.6 Å². The van der Waals surface area contributed by atoms with Gasteiger partial charge in [-0.25, -0.2) is 0 Å².